The van der Waals surface area contributed by atoms with Crippen molar-refractivity contribution in [3.05, 3.63) is 30.4 Å². The number of carbonyl (C=O) groups excluding carboxylic acids is 1. The minimum atomic E-state index is -2.84. The van der Waals surface area contributed by atoms with Crippen LogP contribution in [0.25, 0.3) is 16.6 Å². The summed E-state index contributed by atoms with van der Waals surface area (Å²) in [6.45, 7) is 4.21. The zero-order valence-electron chi connectivity index (χ0n) is 23.9. The number of hydrogen-bond acceptors (Lipinski definition) is 7. The van der Waals surface area contributed by atoms with E-state index in [-0.39, 0.29) is 24.5 Å². The molecule has 41 heavy (non-hydrogen) atoms. The van der Waals surface area contributed by atoms with Crippen LogP contribution < -0.4 is 5.32 Å². The number of aliphatic hydroxyl groups is 1. The summed E-state index contributed by atoms with van der Waals surface area (Å²) in [5.41, 5.74) is 3.07. The second-order valence-electron chi connectivity index (χ2n) is 12.8. The number of alkyl halides is 2. The number of aromatic nitrogens is 5. The number of anilines is 1. The van der Waals surface area contributed by atoms with Gasteiger partial charge in [-0.1, -0.05) is 6.42 Å². The zero-order chi connectivity index (χ0) is 28.9. The van der Waals surface area contributed by atoms with Crippen molar-refractivity contribution in [2.45, 2.75) is 95.9 Å². The lowest BCUT2D eigenvalue weighted by atomic mass is 9.63. The number of fused-ring (bicyclic) bond motifs is 1. The number of rotatable bonds is 9. The van der Waals surface area contributed by atoms with Crippen molar-refractivity contribution >= 4 is 17.4 Å². The first-order chi connectivity index (χ1) is 19.5. The Balaban J connectivity index is 1.28. The van der Waals surface area contributed by atoms with Gasteiger partial charge in [-0.05, 0) is 65.4 Å². The highest BCUT2D eigenvalue weighted by atomic mass is 19.3. The fourth-order valence-electron chi connectivity index (χ4n) is 6.61. The summed E-state index contributed by atoms with van der Waals surface area (Å²) in [4.78, 5) is 19.9. The Morgan fingerprint density at radius 3 is 2.61 bits per heavy atom. The molecule has 2 aliphatic carbocycles. The Hall–Kier alpha value is -3.12. The van der Waals surface area contributed by atoms with Gasteiger partial charge in [-0.3, -0.25) is 9.48 Å². The number of ether oxygens (including phenoxy) is 1. The third-order valence-corrected chi connectivity index (χ3v) is 9.25. The van der Waals surface area contributed by atoms with E-state index in [1.54, 1.807) is 24.0 Å². The highest BCUT2D eigenvalue weighted by molar-refractivity contribution is 5.85. The molecule has 222 valence electrons. The van der Waals surface area contributed by atoms with Gasteiger partial charge in [0.05, 0.1) is 30.6 Å². The molecule has 1 amide bonds. The van der Waals surface area contributed by atoms with Gasteiger partial charge < -0.3 is 20.1 Å². The van der Waals surface area contributed by atoms with E-state index in [1.165, 1.54) is 19.3 Å². The average molecular weight is 572 g/mol. The number of nitrogens with one attached hydrogen (secondary N) is 1. The first-order valence-electron chi connectivity index (χ1n) is 14.6. The standard InChI is InChI=1S/C29H39F2N7O3/c1-18(15-41-26(30)31)34-27-32-13-24-22(11-23(38(24)35-27)19-5-7-21(39)8-6-19)20-12-33-37(14-20)28(2,3)25(40)36-16-29(17-36)9-4-10-29/h11-14,18-19,21,26,39H,4-10,15-17H2,1-3H3,(H,34,35)/t18-,19?,21?/m0/s1. The van der Waals surface area contributed by atoms with Gasteiger partial charge in [0.1, 0.15) is 5.54 Å². The third-order valence-electron chi connectivity index (χ3n) is 9.25. The number of carbonyl (C=O) groups is 1. The lowest BCUT2D eigenvalue weighted by Crippen LogP contribution is -2.64. The van der Waals surface area contributed by atoms with E-state index in [0.717, 1.165) is 61.1 Å². The van der Waals surface area contributed by atoms with Crippen molar-refractivity contribution in [1.29, 1.82) is 0 Å². The molecule has 3 aromatic rings. The Labute approximate surface area is 238 Å². The van der Waals surface area contributed by atoms with Gasteiger partial charge in [0.15, 0.2) is 0 Å². The van der Waals surface area contributed by atoms with E-state index in [1.807, 2.05) is 29.5 Å². The molecule has 6 rings (SSSR count). The number of hydrogen-bond donors (Lipinski definition) is 2. The van der Waals surface area contributed by atoms with Crippen LogP contribution in [0.4, 0.5) is 14.7 Å². The number of nitrogens with zero attached hydrogens (tertiary/aromatic N) is 6. The van der Waals surface area contributed by atoms with E-state index < -0.39 is 18.2 Å². The quantitative estimate of drug-likeness (QED) is 0.392. The molecule has 1 spiro atoms. The van der Waals surface area contributed by atoms with Gasteiger partial charge in [-0.25, -0.2) is 9.50 Å². The topological polar surface area (TPSA) is 110 Å². The van der Waals surface area contributed by atoms with Crippen LogP contribution in [-0.2, 0) is 15.1 Å². The molecular weight excluding hydrogens is 532 g/mol. The lowest BCUT2D eigenvalue weighted by molar-refractivity contribution is -0.158. The summed E-state index contributed by atoms with van der Waals surface area (Å²) in [5, 5.41) is 22.5. The molecule has 0 aromatic carbocycles. The van der Waals surface area contributed by atoms with Gasteiger partial charge >= 0.3 is 6.61 Å². The molecule has 2 N–H and O–H groups in total. The van der Waals surface area contributed by atoms with Crippen molar-refractivity contribution in [3.8, 4) is 11.1 Å². The fourth-order valence-corrected chi connectivity index (χ4v) is 6.61. The summed E-state index contributed by atoms with van der Waals surface area (Å²) < 4.78 is 33.0. The lowest BCUT2D eigenvalue weighted by Gasteiger charge is -2.57. The van der Waals surface area contributed by atoms with Crippen LogP contribution in [-0.4, -0.2) is 78.7 Å². The monoisotopic (exact) mass is 571 g/mol. The van der Waals surface area contributed by atoms with Gasteiger partial charge in [-0.15, -0.1) is 5.10 Å². The second kappa shape index (κ2) is 10.6. The summed E-state index contributed by atoms with van der Waals surface area (Å²) in [7, 11) is 0. The molecule has 3 aromatic heterocycles. The highest BCUT2D eigenvalue weighted by Gasteiger charge is 2.51. The predicted octanol–water partition coefficient (Wildman–Crippen LogP) is 4.40. The zero-order valence-corrected chi connectivity index (χ0v) is 23.9. The second-order valence-corrected chi connectivity index (χ2v) is 12.8. The van der Waals surface area contributed by atoms with Gasteiger partial charge in [-0.2, -0.15) is 13.9 Å². The molecular formula is C29H39F2N7O3. The van der Waals surface area contributed by atoms with E-state index in [2.05, 4.69) is 26.2 Å². The fraction of sp³-hybridized carbons (Fsp3) is 0.655. The van der Waals surface area contributed by atoms with Crippen LogP contribution in [0.2, 0.25) is 0 Å². The van der Waals surface area contributed by atoms with Crippen LogP contribution in [0, 0.1) is 5.41 Å². The summed E-state index contributed by atoms with van der Waals surface area (Å²) in [5.74, 6) is 0.584. The van der Waals surface area contributed by atoms with Crippen molar-refractivity contribution < 1.29 is 23.4 Å². The van der Waals surface area contributed by atoms with Gasteiger partial charge in [0, 0.05) is 53.5 Å². The molecule has 1 aliphatic heterocycles. The third kappa shape index (κ3) is 5.31. The van der Waals surface area contributed by atoms with Crippen molar-refractivity contribution in [1.82, 2.24) is 29.3 Å². The summed E-state index contributed by atoms with van der Waals surface area (Å²) >= 11 is 0. The van der Waals surface area contributed by atoms with E-state index >= 15 is 0 Å². The maximum absolute atomic E-state index is 13.4. The molecule has 1 saturated heterocycles. The molecule has 12 heteroatoms. The number of aliphatic hydroxyl groups excluding tert-OH is 1. The van der Waals surface area contributed by atoms with Crippen molar-refractivity contribution in [3.63, 3.8) is 0 Å². The Bertz CT molecular complexity index is 1400. The Kier molecular flexibility index (Phi) is 7.25. The predicted molar refractivity (Wildman–Crippen MR) is 149 cm³/mol. The minimum absolute atomic E-state index is 0.0804. The van der Waals surface area contributed by atoms with Crippen molar-refractivity contribution in [2.24, 2.45) is 5.41 Å². The molecule has 4 heterocycles. The summed E-state index contributed by atoms with van der Waals surface area (Å²) in [6.07, 6.45) is 11.9. The molecule has 2 saturated carbocycles. The first-order valence-corrected chi connectivity index (χ1v) is 14.6. The van der Waals surface area contributed by atoms with Crippen LogP contribution in [0.1, 0.15) is 77.3 Å². The van der Waals surface area contributed by atoms with E-state index in [9.17, 15) is 18.7 Å². The molecule has 0 bridgehead atoms. The highest BCUT2D eigenvalue weighted by Crippen LogP contribution is 2.49. The van der Waals surface area contributed by atoms with Crippen LogP contribution >= 0.6 is 0 Å². The molecule has 3 aliphatic rings. The first kappa shape index (κ1) is 28.0. The van der Waals surface area contributed by atoms with E-state index in [4.69, 9.17) is 5.10 Å². The number of halogens is 2. The molecule has 3 fully saturated rings. The smallest absolute Gasteiger partial charge is 0.345 e. The van der Waals surface area contributed by atoms with Gasteiger partial charge in [0.2, 0.25) is 11.9 Å². The Morgan fingerprint density at radius 2 is 1.95 bits per heavy atom. The van der Waals surface area contributed by atoms with Gasteiger partial charge in [0.25, 0.3) is 0 Å². The molecule has 0 radical (unpaired) electrons. The maximum atomic E-state index is 13.4. The number of amides is 1. The number of likely N-dealkylation sites (tertiary alicyclic amines) is 1. The molecule has 10 nitrogen and oxygen atoms in total. The SMILES string of the molecule is C[C@@H](COC(F)F)Nc1ncc2c(-c3cnn(C(C)(C)C(=O)N4CC5(CCC5)C4)c3)cc(C3CCC(O)CC3)n2n1. The summed E-state index contributed by atoms with van der Waals surface area (Å²) in [6, 6.07) is 1.68. The molecule has 0 unspecified atom stereocenters. The minimum Gasteiger partial charge on any atom is -0.393 e. The van der Waals surface area contributed by atoms with Crippen LogP contribution in [0.15, 0.2) is 24.7 Å². The van der Waals surface area contributed by atoms with Crippen LogP contribution in [0.3, 0.4) is 0 Å². The normalized spacial score (nSPS) is 23.0. The van der Waals surface area contributed by atoms with E-state index in [0.29, 0.717) is 11.4 Å². The van der Waals surface area contributed by atoms with Crippen molar-refractivity contribution in [2.75, 3.05) is 25.0 Å². The average Bonchev–Trinajstić information content (AvgIpc) is 3.52. The largest absolute Gasteiger partial charge is 0.393 e. The Morgan fingerprint density at radius 1 is 1.22 bits per heavy atom. The van der Waals surface area contributed by atoms with Crippen LogP contribution in [0.5, 0.6) is 0 Å². The maximum Gasteiger partial charge on any atom is 0.345 e. The molecule has 1 atom stereocenters.